The topological polar surface area (TPSA) is 40.5 Å². The van der Waals surface area contributed by atoms with Gasteiger partial charge in [0, 0.05) is 0 Å². The number of benzene rings is 1. The van der Waals surface area contributed by atoms with Crippen LogP contribution in [-0.2, 0) is 6.42 Å². The quantitative estimate of drug-likeness (QED) is 0.556. The van der Waals surface area contributed by atoms with E-state index in [1.54, 1.807) is 6.08 Å². The summed E-state index contributed by atoms with van der Waals surface area (Å²) in [5.41, 5.74) is 2.81. The van der Waals surface area contributed by atoms with Gasteiger partial charge in [-0.3, -0.25) is 0 Å². The lowest BCUT2D eigenvalue weighted by Gasteiger charge is -2.06. The van der Waals surface area contributed by atoms with Gasteiger partial charge in [-0.05, 0) is 29.5 Å². The van der Waals surface area contributed by atoms with Crippen LogP contribution in [0.5, 0.6) is 0 Å². The molecule has 1 atom stereocenters. The average molecular weight is 260 g/mol. The molecule has 1 aromatic rings. The van der Waals surface area contributed by atoms with Crippen molar-refractivity contribution in [3.63, 3.8) is 0 Å². The molecule has 0 bridgehead atoms. The fourth-order valence-electron chi connectivity index (χ4n) is 1.81. The third kappa shape index (κ3) is 5.86. The van der Waals surface area contributed by atoms with E-state index in [9.17, 15) is 5.11 Å². The first-order valence-electron chi connectivity index (χ1n) is 6.91. The fourth-order valence-corrected chi connectivity index (χ4v) is 1.81. The average Bonchev–Trinajstić information content (AvgIpc) is 2.45. The van der Waals surface area contributed by atoms with E-state index in [0.29, 0.717) is 5.57 Å². The molecule has 0 heterocycles. The maximum absolute atomic E-state index is 9.63. The summed E-state index contributed by atoms with van der Waals surface area (Å²) in [5.74, 6) is 0. The molecule has 1 rings (SSSR count). The largest absolute Gasteiger partial charge is 0.392 e. The van der Waals surface area contributed by atoms with Crippen LogP contribution in [0.4, 0.5) is 0 Å². The molecule has 0 aliphatic carbocycles. The highest BCUT2D eigenvalue weighted by atomic mass is 16.3. The SMILES string of the molecule is C=C(CO)[C@@H](O)/C=C/c1ccc(CCCCC)cc1. The van der Waals surface area contributed by atoms with Crippen LogP contribution in [-0.4, -0.2) is 22.9 Å². The second-order valence-corrected chi connectivity index (χ2v) is 4.82. The molecule has 0 saturated carbocycles. The summed E-state index contributed by atoms with van der Waals surface area (Å²) >= 11 is 0. The maximum Gasteiger partial charge on any atom is 0.0954 e. The zero-order chi connectivity index (χ0) is 14.1. The standard InChI is InChI=1S/C17H24O2/c1-3-4-5-6-15-7-9-16(10-8-15)11-12-17(19)14(2)13-18/h7-12,17-19H,2-6,13H2,1H3/b12-11+/t17-/m0/s1. The third-order valence-corrected chi connectivity index (χ3v) is 3.14. The lowest BCUT2D eigenvalue weighted by atomic mass is 10.0. The Bertz CT molecular complexity index is 404. The smallest absolute Gasteiger partial charge is 0.0954 e. The zero-order valence-electron chi connectivity index (χ0n) is 11.7. The third-order valence-electron chi connectivity index (χ3n) is 3.14. The van der Waals surface area contributed by atoms with Crippen LogP contribution in [0.15, 0.2) is 42.5 Å². The molecule has 104 valence electrons. The normalized spacial score (nSPS) is 12.8. The Morgan fingerprint density at radius 2 is 1.95 bits per heavy atom. The first kappa shape index (κ1) is 15.7. The summed E-state index contributed by atoms with van der Waals surface area (Å²) in [4.78, 5) is 0. The number of hydrogen-bond donors (Lipinski definition) is 2. The first-order chi connectivity index (χ1) is 9.17. The van der Waals surface area contributed by atoms with Crippen LogP contribution >= 0.6 is 0 Å². The summed E-state index contributed by atoms with van der Waals surface area (Å²) in [5, 5.41) is 18.5. The van der Waals surface area contributed by atoms with E-state index in [4.69, 9.17) is 5.11 Å². The van der Waals surface area contributed by atoms with E-state index in [1.165, 1.54) is 24.8 Å². The van der Waals surface area contributed by atoms with Crippen molar-refractivity contribution < 1.29 is 10.2 Å². The van der Waals surface area contributed by atoms with Crippen molar-refractivity contribution >= 4 is 6.08 Å². The number of aryl methyl sites for hydroxylation is 1. The van der Waals surface area contributed by atoms with Gasteiger partial charge >= 0.3 is 0 Å². The van der Waals surface area contributed by atoms with Crippen molar-refractivity contribution in [1.82, 2.24) is 0 Å². The molecule has 0 aliphatic rings. The van der Waals surface area contributed by atoms with Crippen LogP contribution in [0.2, 0.25) is 0 Å². The monoisotopic (exact) mass is 260 g/mol. The maximum atomic E-state index is 9.63. The summed E-state index contributed by atoms with van der Waals surface area (Å²) in [6.07, 6.45) is 7.59. The highest BCUT2D eigenvalue weighted by molar-refractivity contribution is 5.51. The van der Waals surface area contributed by atoms with Gasteiger partial charge in [0.15, 0.2) is 0 Å². The van der Waals surface area contributed by atoms with Crippen LogP contribution in [0.25, 0.3) is 6.08 Å². The van der Waals surface area contributed by atoms with E-state index >= 15 is 0 Å². The minimum Gasteiger partial charge on any atom is -0.392 e. The molecule has 2 nitrogen and oxygen atoms in total. The predicted octanol–water partition coefficient (Wildman–Crippen LogP) is 3.34. The lowest BCUT2D eigenvalue weighted by Crippen LogP contribution is -2.08. The van der Waals surface area contributed by atoms with Gasteiger partial charge in [-0.2, -0.15) is 0 Å². The lowest BCUT2D eigenvalue weighted by molar-refractivity contribution is 0.228. The Kier molecular flexibility index (Phi) is 7.16. The fraction of sp³-hybridized carbons (Fsp3) is 0.412. The Morgan fingerprint density at radius 3 is 2.53 bits per heavy atom. The Morgan fingerprint density at radius 1 is 1.26 bits per heavy atom. The summed E-state index contributed by atoms with van der Waals surface area (Å²) in [6, 6.07) is 8.35. The van der Waals surface area contributed by atoms with Crippen LogP contribution in [0.1, 0.15) is 37.3 Å². The van der Waals surface area contributed by atoms with E-state index < -0.39 is 6.10 Å². The van der Waals surface area contributed by atoms with Gasteiger partial charge in [0.2, 0.25) is 0 Å². The molecule has 0 aliphatic heterocycles. The second-order valence-electron chi connectivity index (χ2n) is 4.82. The van der Waals surface area contributed by atoms with E-state index in [0.717, 1.165) is 12.0 Å². The van der Waals surface area contributed by atoms with E-state index in [-0.39, 0.29) is 6.61 Å². The molecule has 0 unspecified atom stereocenters. The first-order valence-corrected chi connectivity index (χ1v) is 6.91. The van der Waals surface area contributed by atoms with Crippen molar-refractivity contribution in [1.29, 1.82) is 0 Å². The molecule has 2 heteroatoms. The Balaban J connectivity index is 2.52. The molecule has 1 aromatic carbocycles. The van der Waals surface area contributed by atoms with Gasteiger partial charge < -0.3 is 10.2 Å². The Labute approximate surface area is 116 Å². The van der Waals surface area contributed by atoms with Crippen molar-refractivity contribution in [3.05, 3.63) is 53.6 Å². The minimum absolute atomic E-state index is 0.193. The van der Waals surface area contributed by atoms with Crippen LogP contribution < -0.4 is 0 Å². The zero-order valence-corrected chi connectivity index (χ0v) is 11.7. The molecule has 2 N–H and O–H groups in total. The molecule has 0 saturated heterocycles. The van der Waals surface area contributed by atoms with E-state index in [1.807, 2.05) is 18.2 Å². The number of unbranched alkanes of at least 4 members (excludes halogenated alkanes) is 2. The van der Waals surface area contributed by atoms with Crippen molar-refractivity contribution in [2.45, 2.75) is 38.7 Å². The van der Waals surface area contributed by atoms with Crippen molar-refractivity contribution in [2.24, 2.45) is 0 Å². The number of rotatable bonds is 8. The predicted molar refractivity (Wildman–Crippen MR) is 80.9 cm³/mol. The number of aliphatic hydroxyl groups is 2. The van der Waals surface area contributed by atoms with Crippen molar-refractivity contribution in [3.8, 4) is 0 Å². The minimum atomic E-state index is -0.783. The molecule has 0 spiro atoms. The molecular formula is C17H24O2. The van der Waals surface area contributed by atoms with Gasteiger partial charge in [-0.1, -0.05) is 62.8 Å². The highest BCUT2D eigenvalue weighted by Crippen LogP contribution is 2.11. The molecule has 0 amide bonds. The summed E-state index contributed by atoms with van der Waals surface area (Å²) in [7, 11) is 0. The molecule has 0 fully saturated rings. The van der Waals surface area contributed by atoms with Gasteiger partial charge in [0.1, 0.15) is 0 Å². The Hall–Kier alpha value is -1.38. The highest BCUT2D eigenvalue weighted by Gasteiger charge is 2.02. The molecular weight excluding hydrogens is 236 g/mol. The van der Waals surface area contributed by atoms with Crippen LogP contribution in [0, 0.1) is 0 Å². The van der Waals surface area contributed by atoms with Gasteiger partial charge in [-0.15, -0.1) is 0 Å². The summed E-state index contributed by atoms with van der Waals surface area (Å²) < 4.78 is 0. The molecule has 0 aromatic heterocycles. The van der Waals surface area contributed by atoms with Crippen LogP contribution in [0.3, 0.4) is 0 Å². The van der Waals surface area contributed by atoms with E-state index in [2.05, 4.69) is 25.6 Å². The molecule has 19 heavy (non-hydrogen) atoms. The number of aliphatic hydroxyl groups excluding tert-OH is 2. The van der Waals surface area contributed by atoms with Gasteiger partial charge in [0.25, 0.3) is 0 Å². The van der Waals surface area contributed by atoms with Gasteiger partial charge in [0.05, 0.1) is 12.7 Å². The molecule has 0 radical (unpaired) electrons. The van der Waals surface area contributed by atoms with Gasteiger partial charge in [-0.25, -0.2) is 0 Å². The number of hydrogen-bond acceptors (Lipinski definition) is 2. The van der Waals surface area contributed by atoms with Crippen molar-refractivity contribution in [2.75, 3.05) is 6.61 Å². The summed E-state index contributed by atoms with van der Waals surface area (Å²) in [6.45, 7) is 5.61. The second kappa shape index (κ2) is 8.68.